The van der Waals surface area contributed by atoms with Crippen molar-refractivity contribution < 1.29 is 23.9 Å². The van der Waals surface area contributed by atoms with E-state index in [1.165, 1.54) is 7.05 Å². The number of hydrogen-bond donors (Lipinski definition) is 2. The quantitative estimate of drug-likeness (QED) is 0.355. The van der Waals surface area contributed by atoms with E-state index in [0.29, 0.717) is 0 Å². The molecule has 0 unspecified atom stereocenters. The summed E-state index contributed by atoms with van der Waals surface area (Å²) in [6.07, 6.45) is -1.34. The largest absolute Gasteiger partial charge is 0.454 e. The maximum absolute atomic E-state index is 11.8. The highest BCUT2D eigenvalue weighted by molar-refractivity contribution is 5.83. The van der Waals surface area contributed by atoms with Gasteiger partial charge in [-0.2, -0.15) is 0 Å². The van der Waals surface area contributed by atoms with Crippen LogP contribution in [0.5, 0.6) is 0 Å². The Morgan fingerprint density at radius 3 is 2.60 bits per heavy atom. The van der Waals surface area contributed by atoms with Gasteiger partial charge in [0.2, 0.25) is 5.91 Å². The molecule has 1 aliphatic heterocycles. The van der Waals surface area contributed by atoms with E-state index in [9.17, 15) is 14.4 Å². The van der Waals surface area contributed by atoms with Gasteiger partial charge in [-0.05, 0) is 13.8 Å². The minimum atomic E-state index is -1.05. The number of cyclic esters (lactones) is 1. The fourth-order valence-electron chi connectivity index (χ4n) is 1.67. The summed E-state index contributed by atoms with van der Waals surface area (Å²) < 4.78 is 10.2. The second-order valence-corrected chi connectivity index (χ2v) is 5.06. The van der Waals surface area contributed by atoms with Gasteiger partial charge in [0, 0.05) is 7.05 Å². The molecule has 0 aliphatic carbocycles. The zero-order valence-corrected chi connectivity index (χ0v) is 11.8. The number of carbonyl (C=O) groups excluding carboxylic acids is 3. The average molecular weight is 288 g/mol. The summed E-state index contributed by atoms with van der Waals surface area (Å²) in [4.78, 5) is 35.4. The van der Waals surface area contributed by atoms with Crippen molar-refractivity contribution in [2.75, 3.05) is 26.7 Å². The first-order valence-electron chi connectivity index (χ1n) is 6.06. The van der Waals surface area contributed by atoms with E-state index >= 15 is 0 Å². The molecule has 0 saturated carbocycles. The summed E-state index contributed by atoms with van der Waals surface area (Å²) in [6, 6.07) is 0. The summed E-state index contributed by atoms with van der Waals surface area (Å²) in [5.41, 5.74) is 4.14. The van der Waals surface area contributed by atoms with E-state index in [-0.39, 0.29) is 25.5 Å². The number of nitrogens with two attached hydrogens (primary N) is 2. The second kappa shape index (κ2) is 6.06. The molecule has 1 fully saturated rings. The molecular weight excluding hydrogens is 268 g/mol. The maximum Gasteiger partial charge on any atom is 0.424 e. The molecule has 4 N–H and O–H groups in total. The lowest BCUT2D eigenvalue weighted by Gasteiger charge is -2.30. The van der Waals surface area contributed by atoms with E-state index in [1.54, 1.807) is 13.8 Å². The number of likely N-dealkylation sites (N-methyl/N-ethyl adjacent to an activating group) is 1. The molecule has 9 heteroatoms. The van der Waals surface area contributed by atoms with Gasteiger partial charge in [-0.3, -0.25) is 9.59 Å². The summed E-state index contributed by atoms with van der Waals surface area (Å²) in [5.74, 6) is 4.39. The molecule has 1 saturated heterocycles. The van der Waals surface area contributed by atoms with Crippen LogP contribution in [0.3, 0.4) is 0 Å². The topological polar surface area (TPSA) is 128 Å². The number of rotatable bonds is 5. The standard InChI is InChI=1S/C11H20N4O5/c1-11(2,7-5-15(13)10(18)19-7)20-9(17)6-14(3)8(16)4-12/h7H,4-6,12-13H2,1-3H3/t7-/m0/s1. The van der Waals surface area contributed by atoms with Crippen molar-refractivity contribution in [1.82, 2.24) is 9.91 Å². The van der Waals surface area contributed by atoms with Crippen LogP contribution in [0.25, 0.3) is 0 Å². The Hall–Kier alpha value is -1.87. The minimum absolute atomic E-state index is 0.122. The van der Waals surface area contributed by atoms with Crippen LogP contribution in [0, 0.1) is 0 Å². The Labute approximate surface area is 116 Å². The molecule has 0 bridgehead atoms. The first-order chi connectivity index (χ1) is 9.17. The molecule has 0 spiro atoms. The van der Waals surface area contributed by atoms with Gasteiger partial charge in [0.05, 0.1) is 13.1 Å². The van der Waals surface area contributed by atoms with Gasteiger partial charge in [-0.1, -0.05) is 0 Å². The highest BCUT2D eigenvalue weighted by Gasteiger charge is 2.43. The van der Waals surface area contributed by atoms with Crippen LogP contribution in [0.4, 0.5) is 4.79 Å². The van der Waals surface area contributed by atoms with Crippen molar-refractivity contribution in [2.24, 2.45) is 11.6 Å². The smallest absolute Gasteiger partial charge is 0.424 e. The Balaban J connectivity index is 2.56. The van der Waals surface area contributed by atoms with Crippen molar-refractivity contribution >= 4 is 18.0 Å². The highest BCUT2D eigenvalue weighted by Crippen LogP contribution is 2.23. The van der Waals surface area contributed by atoms with Crippen LogP contribution in [-0.4, -0.2) is 66.3 Å². The van der Waals surface area contributed by atoms with E-state index in [0.717, 1.165) is 9.91 Å². The minimum Gasteiger partial charge on any atom is -0.454 e. The van der Waals surface area contributed by atoms with Gasteiger partial charge in [-0.15, -0.1) is 0 Å². The fraction of sp³-hybridized carbons (Fsp3) is 0.727. The predicted octanol–water partition coefficient (Wildman–Crippen LogP) is -1.58. The van der Waals surface area contributed by atoms with E-state index in [1.807, 2.05) is 0 Å². The molecule has 0 aromatic carbocycles. The average Bonchev–Trinajstić information content (AvgIpc) is 2.68. The molecule has 1 aliphatic rings. The molecule has 114 valence electrons. The lowest BCUT2D eigenvalue weighted by Crippen LogP contribution is -2.46. The Bertz CT molecular complexity index is 412. The summed E-state index contributed by atoms with van der Waals surface area (Å²) in [6.45, 7) is 2.91. The molecule has 2 amide bonds. The molecule has 1 heterocycles. The number of carbonyl (C=O) groups is 3. The van der Waals surface area contributed by atoms with Gasteiger partial charge in [0.1, 0.15) is 12.1 Å². The first kappa shape index (κ1) is 16.2. The van der Waals surface area contributed by atoms with Crippen LogP contribution < -0.4 is 11.6 Å². The molecule has 20 heavy (non-hydrogen) atoms. The SMILES string of the molecule is CN(CC(=O)OC(C)(C)[C@@H]1CN(N)C(=O)O1)C(=O)CN. The monoisotopic (exact) mass is 288 g/mol. The van der Waals surface area contributed by atoms with Crippen LogP contribution in [0.15, 0.2) is 0 Å². The summed E-state index contributed by atoms with van der Waals surface area (Å²) >= 11 is 0. The number of esters is 1. The number of amides is 2. The van der Waals surface area contributed by atoms with E-state index in [4.69, 9.17) is 21.1 Å². The Morgan fingerprint density at radius 1 is 1.55 bits per heavy atom. The van der Waals surface area contributed by atoms with Crippen LogP contribution in [-0.2, 0) is 19.1 Å². The molecule has 1 atom stereocenters. The summed E-state index contributed by atoms with van der Waals surface area (Å²) in [7, 11) is 1.45. The molecule has 0 aromatic rings. The van der Waals surface area contributed by atoms with Gasteiger partial charge in [0.25, 0.3) is 0 Å². The van der Waals surface area contributed by atoms with Crippen LogP contribution >= 0.6 is 0 Å². The third kappa shape index (κ3) is 3.81. The fourth-order valence-corrected chi connectivity index (χ4v) is 1.67. The first-order valence-corrected chi connectivity index (χ1v) is 6.06. The van der Waals surface area contributed by atoms with Gasteiger partial charge < -0.3 is 20.1 Å². The highest BCUT2D eigenvalue weighted by atomic mass is 16.6. The molecule has 1 rings (SSSR count). The zero-order valence-electron chi connectivity index (χ0n) is 11.8. The molecule has 0 radical (unpaired) electrons. The second-order valence-electron chi connectivity index (χ2n) is 5.06. The molecule has 9 nitrogen and oxygen atoms in total. The van der Waals surface area contributed by atoms with Gasteiger partial charge in [0.15, 0.2) is 6.10 Å². The Kier molecular flexibility index (Phi) is 4.90. The summed E-state index contributed by atoms with van der Waals surface area (Å²) in [5, 5.41) is 0.907. The Morgan fingerprint density at radius 2 is 2.15 bits per heavy atom. The number of ether oxygens (including phenoxy) is 2. The maximum atomic E-state index is 11.8. The normalized spacial score (nSPS) is 18.8. The lowest BCUT2D eigenvalue weighted by molar-refractivity contribution is -0.167. The van der Waals surface area contributed by atoms with Gasteiger partial charge in [-0.25, -0.2) is 15.6 Å². The zero-order chi connectivity index (χ0) is 15.5. The third-order valence-electron chi connectivity index (χ3n) is 2.96. The van der Waals surface area contributed by atoms with Crippen LogP contribution in [0.1, 0.15) is 13.8 Å². The molecular formula is C11H20N4O5. The predicted molar refractivity (Wildman–Crippen MR) is 68.0 cm³/mol. The van der Waals surface area contributed by atoms with Gasteiger partial charge >= 0.3 is 12.1 Å². The van der Waals surface area contributed by atoms with Crippen molar-refractivity contribution in [3.8, 4) is 0 Å². The van der Waals surface area contributed by atoms with Crippen LogP contribution in [0.2, 0.25) is 0 Å². The van der Waals surface area contributed by atoms with Crippen molar-refractivity contribution in [2.45, 2.75) is 25.6 Å². The molecule has 0 aromatic heterocycles. The van der Waals surface area contributed by atoms with Crippen molar-refractivity contribution in [3.05, 3.63) is 0 Å². The third-order valence-corrected chi connectivity index (χ3v) is 2.96. The van der Waals surface area contributed by atoms with Crippen molar-refractivity contribution in [3.63, 3.8) is 0 Å². The number of hydrogen-bond acceptors (Lipinski definition) is 7. The van der Waals surface area contributed by atoms with E-state index < -0.39 is 23.8 Å². The van der Waals surface area contributed by atoms with E-state index in [2.05, 4.69) is 0 Å². The number of nitrogens with zero attached hydrogens (tertiary/aromatic N) is 2. The lowest BCUT2D eigenvalue weighted by atomic mass is 10.0. The number of hydrazine groups is 1. The van der Waals surface area contributed by atoms with Crippen molar-refractivity contribution in [1.29, 1.82) is 0 Å².